The molecule has 7 nitrogen and oxygen atoms in total. The van der Waals surface area contributed by atoms with Gasteiger partial charge in [-0.15, -0.1) is 0 Å². The number of fused-ring (bicyclic) bond motifs is 2. The number of ketones is 1. The Morgan fingerprint density at radius 1 is 1.09 bits per heavy atom. The summed E-state index contributed by atoms with van der Waals surface area (Å²) in [5.41, 5.74) is 5.41. The minimum atomic E-state index is -0.481. The van der Waals surface area contributed by atoms with Crippen LogP contribution in [0.5, 0.6) is 0 Å². The number of anilines is 2. The molecular weight excluding hydrogens is 426 g/mol. The standard InChI is InChI=1S/C27H29N5O2/c1-16(33)24-23-20(14-32(24)22-15-31(5)21-9-7-6-8-19(21)22)25(30-29-23)28-26(34)17-10-12-18(13-11-17)27(2,3)4/h6-13,15,24H,14H2,1-5H3,(H2,28,29,30,34). The lowest BCUT2D eigenvalue weighted by molar-refractivity contribution is -0.118. The molecule has 2 aromatic heterocycles. The molecule has 174 valence electrons. The van der Waals surface area contributed by atoms with Crippen LogP contribution in [0.3, 0.4) is 0 Å². The molecule has 0 saturated carbocycles. The number of hydrogen-bond acceptors (Lipinski definition) is 4. The Balaban J connectivity index is 1.45. The number of hydrogen-bond donors (Lipinski definition) is 2. The van der Waals surface area contributed by atoms with Gasteiger partial charge in [0.05, 0.1) is 11.4 Å². The SMILES string of the molecule is CC(=O)C1c2[nH]nc(NC(=O)c3ccc(C(C)(C)C)cc3)c2CN1c1cn(C)c2ccccc12. The normalized spacial score (nSPS) is 15.6. The van der Waals surface area contributed by atoms with Gasteiger partial charge >= 0.3 is 0 Å². The maximum absolute atomic E-state index is 13.0. The van der Waals surface area contributed by atoms with E-state index in [4.69, 9.17) is 0 Å². The average Bonchev–Trinajstić information content (AvgIpc) is 3.46. The van der Waals surface area contributed by atoms with Gasteiger partial charge in [0.1, 0.15) is 6.04 Å². The Labute approximate surface area is 198 Å². The maximum Gasteiger partial charge on any atom is 0.256 e. The fourth-order valence-corrected chi connectivity index (χ4v) is 4.78. The van der Waals surface area contributed by atoms with Crippen LogP contribution in [0.2, 0.25) is 0 Å². The van der Waals surface area contributed by atoms with Crippen molar-refractivity contribution in [1.29, 1.82) is 0 Å². The van der Waals surface area contributed by atoms with Crippen LogP contribution < -0.4 is 10.2 Å². The predicted octanol–water partition coefficient (Wildman–Crippen LogP) is 5.10. The molecule has 2 N–H and O–H groups in total. The summed E-state index contributed by atoms with van der Waals surface area (Å²) in [5.74, 6) is 0.262. The van der Waals surface area contributed by atoms with E-state index in [0.717, 1.165) is 27.8 Å². The number of Topliss-reactive ketones (excluding diaryl/α,β-unsaturated/α-hetero) is 1. The topological polar surface area (TPSA) is 83.0 Å². The minimum Gasteiger partial charge on any atom is -0.350 e. The third-order valence-corrected chi connectivity index (χ3v) is 6.63. The highest BCUT2D eigenvalue weighted by molar-refractivity contribution is 6.05. The van der Waals surface area contributed by atoms with E-state index in [1.54, 1.807) is 6.92 Å². The Hall–Kier alpha value is -3.87. The number of carbonyl (C=O) groups excluding carboxylic acids is 2. The third-order valence-electron chi connectivity index (χ3n) is 6.63. The Kier molecular flexibility index (Phi) is 5.08. The summed E-state index contributed by atoms with van der Waals surface area (Å²) in [7, 11) is 2.00. The first-order valence-electron chi connectivity index (χ1n) is 11.5. The first-order chi connectivity index (χ1) is 16.1. The van der Waals surface area contributed by atoms with E-state index in [2.05, 4.69) is 64.1 Å². The van der Waals surface area contributed by atoms with E-state index in [9.17, 15) is 9.59 Å². The summed E-state index contributed by atoms with van der Waals surface area (Å²) < 4.78 is 2.07. The summed E-state index contributed by atoms with van der Waals surface area (Å²) in [6.45, 7) is 8.49. The molecule has 7 heteroatoms. The number of rotatable bonds is 4. The molecule has 1 aliphatic heterocycles. The molecule has 1 aliphatic rings. The second-order valence-electron chi connectivity index (χ2n) is 10.0. The van der Waals surface area contributed by atoms with Gasteiger partial charge in [0.25, 0.3) is 5.91 Å². The summed E-state index contributed by atoms with van der Waals surface area (Å²) in [6.07, 6.45) is 2.05. The summed E-state index contributed by atoms with van der Waals surface area (Å²) in [5, 5.41) is 11.4. The molecule has 34 heavy (non-hydrogen) atoms. The van der Waals surface area contributed by atoms with Gasteiger partial charge in [0, 0.05) is 41.8 Å². The number of para-hydroxylation sites is 1. The van der Waals surface area contributed by atoms with E-state index in [-0.39, 0.29) is 17.1 Å². The molecule has 0 fully saturated rings. The molecule has 0 saturated heterocycles. The molecule has 0 radical (unpaired) electrons. The zero-order chi connectivity index (χ0) is 24.2. The minimum absolute atomic E-state index is 0.0186. The first kappa shape index (κ1) is 21.9. The van der Waals surface area contributed by atoms with E-state index < -0.39 is 6.04 Å². The number of aromatic nitrogens is 3. The Morgan fingerprint density at radius 3 is 2.47 bits per heavy atom. The van der Waals surface area contributed by atoms with Gasteiger partial charge in [-0.1, -0.05) is 51.1 Å². The van der Waals surface area contributed by atoms with Crippen LogP contribution in [-0.4, -0.2) is 26.5 Å². The lowest BCUT2D eigenvalue weighted by Gasteiger charge is -2.24. The molecule has 3 heterocycles. The van der Waals surface area contributed by atoms with Gasteiger partial charge in [0.2, 0.25) is 0 Å². The van der Waals surface area contributed by atoms with Crippen LogP contribution in [0.1, 0.15) is 60.9 Å². The number of amides is 1. The van der Waals surface area contributed by atoms with Crippen molar-refractivity contribution in [3.8, 4) is 0 Å². The third kappa shape index (κ3) is 3.57. The van der Waals surface area contributed by atoms with E-state index in [0.29, 0.717) is 17.9 Å². The van der Waals surface area contributed by atoms with Gasteiger partial charge in [-0.05, 0) is 36.1 Å². The highest BCUT2D eigenvalue weighted by atomic mass is 16.1. The van der Waals surface area contributed by atoms with Gasteiger partial charge in [-0.25, -0.2) is 0 Å². The number of nitrogens with zero attached hydrogens (tertiary/aromatic N) is 3. The zero-order valence-electron chi connectivity index (χ0n) is 20.1. The first-order valence-corrected chi connectivity index (χ1v) is 11.5. The molecule has 2 aromatic carbocycles. The quantitative estimate of drug-likeness (QED) is 0.448. The van der Waals surface area contributed by atoms with Gasteiger partial charge < -0.3 is 14.8 Å². The Morgan fingerprint density at radius 2 is 1.79 bits per heavy atom. The van der Waals surface area contributed by atoms with Crippen LogP contribution in [0.4, 0.5) is 11.5 Å². The van der Waals surface area contributed by atoms with Crippen LogP contribution in [0.25, 0.3) is 10.9 Å². The summed E-state index contributed by atoms with van der Waals surface area (Å²) in [6, 6.07) is 15.3. The molecule has 4 aromatic rings. The molecule has 1 amide bonds. The van der Waals surface area contributed by atoms with Crippen molar-refractivity contribution in [2.45, 2.75) is 45.7 Å². The summed E-state index contributed by atoms with van der Waals surface area (Å²) >= 11 is 0. The second-order valence-corrected chi connectivity index (χ2v) is 10.0. The molecule has 0 aliphatic carbocycles. The monoisotopic (exact) mass is 455 g/mol. The number of aryl methyl sites for hydroxylation is 1. The molecule has 0 bridgehead atoms. The van der Waals surface area contributed by atoms with Crippen molar-refractivity contribution in [1.82, 2.24) is 14.8 Å². The number of benzene rings is 2. The van der Waals surface area contributed by atoms with Crippen molar-refractivity contribution in [2.75, 3.05) is 10.2 Å². The van der Waals surface area contributed by atoms with Gasteiger partial charge in [0.15, 0.2) is 11.6 Å². The maximum atomic E-state index is 13.0. The number of carbonyl (C=O) groups is 2. The number of aromatic amines is 1. The van der Waals surface area contributed by atoms with Crippen molar-refractivity contribution < 1.29 is 9.59 Å². The smallest absolute Gasteiger partial charge is 0.256 e. The molecule has 1 atom stereocenters. The lowest BCUT2D eigenvalue weighted by atomic mass is 9.87. The van der Waals surface area contributed by atoms with Crippen LogP contribution in [-0.2, 0) is 23.8 Å². The molecule has 0 spiro atoms. The van der Waals surface area contributed by atoms with Crippen LogP contribution in [0.15, 0.2) is 54.7 Å². The number of H-pyrrole nitrogens is 1. The summed E-state index contributed by atoms with van der Waals surface area (Å²) in [4.78, 5) is 27.8. The second kappa shape index (κ2) is 7.87. The fraction of sp³-hybridized carbons (Fsp3) is 0.296. The fourth-order valence-electron chi connectivity index (χ4n) is 4.78. The van der Waals surface area contributed by atoms with E-state index >= 15 is 0 Å². The lowest BCUT2D eigenvalue weighted by Crippen LogP contribution is -2.27. The van der Waals surface area contributed by atoms with E-state index in [1.165, 1.54) is 5.56 Å². The van der Waals surface area contributed by atoms with Crippen molar-refractivity contribution in [2.24, 2.45) is 7.05 Å². The van der Waals surface area contributed by atoms with Crippen LogP contribution >= 0.6 is 0 Å². The molecule has 1 unspecified atom stereocenters. The predicted molar refractivity (Wildman–Crippen MR) is 134 cm³/mol. The van der Waals surface area contributed by atoms with Crippen molar-refractivity contribution >= 4 is 34.1 Å². The number of nitrogens with one attached hydrogen (secondary N) is 2. The molecule has 5 rings (SSSR count). The average molecular weight is 456 g/mol. The van der Waals surface area contributed by atoms with Gasteiger partial charge in [-0.2, -0.15) is 5.10 Å². The Bertz CT molecular complexity index is 1410. The zero-order valence-corrected chi connectivity index (χ0v) is 20.1. The van der Waals surface area contributed by atoms with Crippen molar-refractivity contribution in [3.63, 3.8) is 0 Å². The highest BCUT2D eigenvalue weighted by Gasteiger charge is 2.39. The van der Waals surface area contributed by atoms with E-state index in [1.807, 2.05) is 43.4 Å². The van der Waals surface area contributed by atoms with Gasteiger partial charge in [-0.3, -0.25) is 14.7 Å². The molecular formula is C27H29N5O2. The largest absolute Gasteiger partial charge is 0.350 e. The highest BCUT2D eigenvalue weighted by Crippen LogP contribution is 2.43. The van der Waals surface area contributed by atoms with Crippen LogP contribution in [0, 0.1) is 0 Å². The van der Waals surface area contributed by atoms with Crippen molar-refractivity contribution in [3.05, 3.63) is 77.1 Å².